The van der Waals surface area contributed by atoms with Crippen LogP contribution in [0, 0.1) is 3.70 Å². The van der Waals surface area contributed by atoms with Crippen LogP contribution in [0.25, 0.3) is 21.9 Å². The van der Waals surface area contributed by atoms with Crippen molar-refractivity contribution in [3.8, 4) is 34.1 Å². The second-order valence-electron chi connectivity index (χ2n) is 7.51. The van der Waals surface area contributed by atoms with E-state index in [0.717, 1.165) is 16.3 Å². The number of fused-ring (bicyclic) bond motifs is 1. The number of hydrogen-bond acceptors (Lipinski definition) is 7. The van der Waals surface area contributed by atoms with Crippen LogP contribution in [0.4, 0.5) is 0 Å². The largest absolute Gasteiger partial charge is 0.493 e. The summed E-state index contributed by atoms with van der Waals surface area (Å²) in [6.45, 7) is 0.441. The van der Waals surface area contributed by atoms with E-state index in [9.17, 15) is 4.79 Å². The van der Waals surface area contributed by atoms with E-state index in [4.69, 9.17) is 23.7 Å². The van der Waals surface area contributed by atoms with Crippen molar-refractivity contribution in [2.45, 2.75) is 6.61 Å². The van der Waals surface area contributed by atoms with Crippen molar-refractivity contribution in [1.29, 1.82) is 0 Å². The Balaban J connectivity index is 1.89. The first-order chi connectivity index (χ1) is 17.0. The van der Waals surface area contributed by atoms with Crippen molar-refractivity contribution < 1.29 is 28.5 Å². The van der Waals surface area contributed by atoms with Gasteiger partial charge in [-0.1, -0.05) is 30.3 Å². The molecule has 0 N–H and O–H groups in total. The third kappa shape index (κ3) is 4.97. The molecule has 7 nitrogen and oxygen atoms in total. The molecule has 1 aromatic heterocycles. The van der Waals surface area contributed by atoms with Gasteiger partial charge in [-0.05, 0) is 69.4 Å². The summed E-state index contributed by atoms with van der Waals surface area (Å²) in [5.74, 6) is 1.54. The Labute approximate surface area is 217 Å². The molecule has 3 aromatic carbocycles. The molecule has 0 atom stereocenters. The highest BCUT2D eigenvalue weighted by atomic mass is 127. The van der Waals surface area contributed by atoms with E-state index < -0.39 is 5.97 Å². The molecule has 4 rings (SSSR count). The van der Waals surface area contributed by atoms with Crippen LogP contribution >= 0.6 is 22.6 Å². The number of methoxy groups -OCH3 is 4. The Bertz CT molecular complexity index is 1350. The van der Waals surface area contributed by atoms with Crippen LogP contribution in [0.1, 0.15) is 16.1 Å². The molecule has 0 aliphatic carbocycles. The van der Waals surface area contributed by atoms with Crippen LogP contribution in [0.2, 0.25) is 0 Å². The maximum Gasteiger partial charge on any atom is 0.357 e. The molecular weight excluding hydrogens is 561 g/mol. The van der Waals surface area contributed by atoms with Crippen LogP contribution in [0.5, 0.6) is 23.0 Å². The van der Waals surface area contributed by atoms with E-state index in [1.807, 2.05) is 48.5 Å². The second-order valence-corrected chi connectivity index (χ2v) is 8.54. The minimum atomic E-state index is -0.544. The predicted octanol–water partition coefficient (Wildman–Crippen LogP) is 5.90. The van der Waals surface area contributed by atoms with Gasteiger partial charge in [-0.3, -0.25) is 0 Å². The summed E-state index contributed by atoms with van der Waals surface area (Å²) in [5, 5.41) is 1.65. The van der Waals surface area contributed by atoms with Gasteiger partial charge < -0.3 is 23.7 Å². The number of halogens is 1. The highest BCUT2D eigenvalue weighted by molar-refractivity contribution is 14.1. The standard InChI is InChI=1S/C27H24INO6/c1-31-21-12-17(13-22(32-2)25(21)33-3)23-19-11-10-18(35-15-16-8-6-5-7-9-16)14-20(19)26(28)29-24(23)27(30)34-4/h5-14H,15H2,1-4H3. The smallest absolute Gasteiger partial charge is 0.357 e. The number of carbonyl (C=O) groups excluding carboxylic acids is 1. The zero-order chi connectivity index (χ0) is 24.9. The van der Waals surface area contributed by atoms with Crippen molar-refractivity contribution in [2.24, 2.45) is 0 Å². The van der Waals surface area contributed by atoms with Crippen LogP contribution in [-0.4, -0.2) is 39.4 Å². The number of pyridine rings is 1. The summed E-state index contributed by atoms with van der Waals surface area (Å²) in [6.07, 6.45) is 0. The lowest BCUT2D eigenvalue weighted by molar-refractivity contribution is 0.0595. The van der Waals surface area contributed by atoms with E-state index in [1.54, 1.807) is 33.5 Å². The first-order valence-electron chi connectivity index (χ1n) is 10.7. The maximum atomic E-state index is 12.8. The summed E-state index contributed by atoms with van der Waals surface area (Å²) in [7, 11) is 5.96. The number of esters is 1. The van der Waals surface area contributed by atoms with Gasteiger partial charge in [0.1, 0.15) is 16.1 Å². The molecule has 0 unspecified atom stereocenters. The topological polar surface area (TPSA) is 76.1 Å². The molecule has 0 saturated heterocycles. The number of benzene rings is 3. The Hall–Kier alpha value is -3.53. The fourth-order valence-corrected chi connectivity index (χ4v) is 4.53. The van der Waals surface area contributed by atoms with Gasteiger partial charge >= 0.3 is 5.97 Å². The average Bonchev–Trinajstić information content (AvgIpc) is 2.91. The Morgan fingerprint density at radius 3 is 2.14 bits per heavy atom. The normalized spacial score (nSPS) is 10.7. The van der Waals surface area contributed by atoms with Crippen LogP contribution in [-0.2, 0) is 11.3 Å². The Morgan fingerprint density at radius 2 is 1.54 bits per heavy atom. The van der Waals surface area contributed by atoms with Gasteiger partial charge in [-0.25, -0.2) is 9.78 Å². The highest BCUT2D eigenvalue weighted by Gasteiger charge is 2.24. The van der Waals surface area contributed by atoms with Crippen LogP contribution in [0.3, 0.4) is 0 Å². The Morgan fingerprint density at radius 1 is 0.857 bits per heavy atom. The molecular formula is C27H24INO6. The van der Waals surface area contributed by atoms with Crippen molar-refractivity contribution in [2.75, 3.05) is 28.4 Å². The van der Waals surface area contributed by atoms with E-state index in [-0.39, 0.29) is 5.69 Å². The van der Waals surface area contributed by atoms with Gasteiger partial charge in [0.15, 0.2) is 17.2 Å². The zero-order valence-corrected chi connectivity index (χ0v) is 21.9. The number of ether oxygens (including phenoxy) is 5. The summed E-state index contributed by atoms with van der Waals surface area (Å²) < 4.78 is 28.3. The average molecular weight is 585 g/mol. The Kier molecular flexibility index (Phi) is 7.60. The minimum Gasteiger partial charge on any atom is -0.493 e. The number of rotatable bonds is 8. The lowest BCUT2D eigenvalue weighted by Gasteiger charge is -2.17. The molecule has 180 valence electrons. The molecule has 0 bridgehead atoms. The van der Waals surface area contributed by atoms with Gasteiger partial charge in [0, 0.05) is 10.9 Å². The molecule has 0 amide bonds. The monoisotopic (exact) mass is 585 g/mol. The molecule has 0 spiro atoms. The summed E-state index contributed by atoms with van der Waals surface area (Å²) in [6, 6.07) is 19.2. The summed E-state index contributed by atoms with van der Waals surface area (Å²) >= 11 is 2.12. The van der Waals surface area contributed by atoms with Crippen molar-refractivity contribution in [3.05, 3.63) is 75.6 Å². The molecule has 0 fully saturated rings. The fraction of sp³-hybridized carbons (Fsp3) is 0.185. The van der Waals surface area contributed by atoms with E-state index in [1.165, 1.54) is 7.11 Å². The van der Waals surface area contributed by atoms with Gasteiger partial charge in [-0.15, -0.1) is 0 Å². The molecule has 4 aromatic rings. The molecule has 0 aliphatic rings. The highest BCUT2D eigenvalue weighted by Crippen LogP contribution is 2.44. The lowest BCUT2D eigenvalue weighted by Crippen LogP contribution is -2.09. The van der Waals surface area contributed by atoms with Crippen molar-refractivity contribution in [1.82, 2.24) is 4.98 Å². The molecule has 1 heterocycles. The maximum absolute atomic E-state index is 12.8. The molecule has 35 heavy (non-hydrogen) atoms. The number of hydrogen-bond donors (Lipinski definition) is 0. The van der Waals surface area contributed by atoms with Gasteiger partial charge in [0.25, 0.3) is 0 Å². The van der Waals surface area contributed by atoms with Crippen molar-refractivity contribution >= 4 is 39.3 Å². The quantitative estimate of drug-likeness (QED) is 0.145. The number of carbonyl (C=O) groups is 1. The van der Waals surface area contributed by atoms with E-state index in [0.29, 0.717) is 44.4 Å². The third-order valence-electron chi connectivity index (χ3n) is 5.51. The first kappa shape index (κ1) is 24.6. The SMILES string of the molecule is COC(=O)c1nc(I)c2cc(OCc3ccccc3)ccc2c1-c1cc(OC)c(OC)c(OC)c1. The second kappa shape index (κ2) is 10.8. The molecule has 0 saturated carbocycles. The van der Waals surface area contributed by atoms with Gasteiger partial charge in [-0.2, -0.15) is 0 Å². The summed E-state index contributed by atoms with van der Waals surface area (Å²) in [5.41, 5.74) is 2.53. The van der Waals surface area contributed by atoms with Gasteiger partial charge in [0.2, 0.25) is 5.75 Å². The molecule has 0 radical (unpaired) electrons. The van der Waals surface area contributed by atoms with Crippen molar-refractivity contribution in [3.63, 3.8) is 0 Å². The lowest BCUT2D eigenvalue weighted by atomic mass is 9.96. The first-order valence-corrected chi connectivity index (χ1v) is 11.8. The van der Waals surface area contributed by atoms with E-state index in [2.05, 4.69) is 27.6 Å². The van der Waals surface area contributed by atoms with Crippen LogP contribution in [0.15, 0.2) is 60.7 Å². The van der Waals surface area contributed by atoms with Gasteiger partial charge in [0.05, 0.1) is 28.4 Å². The summed E-state index contributed by atoms with van der Waals surface area (Å²) in [4.78, 5) is 17.4. The zero-order valence-electron chi connectivity index (χ0n) is 19.8. The predicted molar refractivity (Wildman–Crippen MR) is 142 cm³/mol. The number of nitrogens with zero attached hydrogens (tertiary/aromatic N) is 1. The minimum absolute atomic E-state index is 0.191. The van der Waals surface area contributed by atoms with Crippen LogP contribution < -0.4 is 18.9 Å². The molecule has 0 aliphatic heterocycles. The van der Waals surface area contributed by atoms with E-state index >= 15 is 0 Å². The third-order valence-corrected chi connectivity index (χ3v) is 6.33. The fourth-order valence-electron chi connectivity index (χ4n) is 3.85. The number of aromatic nitrogens is 1. The molecule has 8 heteroatoms.